The number of alkyl halides is 1. The average molecular weight is 260 g/mol. The van der Waals surface area contributed by atoms with Gasteiger partial charge in [0.25, 0.3) is 0 Å². The molecule has 0 saturated carbocycles. The normalized spacial score (nSPS) is 12.0. The summed E-state index contributed by atoms with van der Waals surface area (Å²) in [4.78, 5) is 0. The third kappa shape index (κ3) is 7.30. The van der Waals surface area contributed by atoms with E-state index in [4.69, 9.17) is 0 Å². The van der Waals surface area contributed by atoms with Crippen LogP contribution in [0.5, 0.6) is 0 Å². The third-order valence-electron chi connectivity index (χ3n) is 0.612. The summed E-state index contributed by atoms with van der Waals surface area (Å²) in [6, 6.07) is 0. The molecular formula is C5H13ISSi. The number of hydrogen-bond acceptors (Lipinski definition) is 1. The van der Waals surface area contributed by atoms with E-state index in [0.717, 1.165) is 0 Å². The molecule has 8 heavy (non-hydrogen) atoms. The molecule has 3 heteroatoms. The van der Waals surface area contributed by atoms with Crippen LogP contribution in [0.3, 0.4) is 0 Å². The van der Waals surface area contributed by atoms with Gasteiger partial charge in [-0.15, -0.1) is 0 Å². The fourth-order valence-electron chi connectivity index (χ4n) is 0.345. The Bertz CT molecular complexity index is 59.9. The third-order valence-corrected chi connectivity index (χ3v) is 6.37. The first-order chi connectivity index (χ1) is 3.56. The van der Waals surface area contributed by atoms with Crippen molar-refractivity contribution in [2.75, 3.05) is 9.14 Å². The Labute approximate surface area is 71.0 Å². The highest BCUT2D eigenvalue weighted by Crippen LogP contribution is 2.12. The zero-order valence-corrected chi connectivity index (χ0v) is 9.67. The summed E-state index contributed by atoms with van der Waals surface area (Å²) in [5.74, 6) is 0. The Morgan fingerprint density at radius 2 is 1.88 bits per heavy atom. The van der Waals surface area contributed by atoms with Crippen LogP contribution in [0.4, 0.5) is 0 Å². The number of thioether (sulfide) groups is 1. The van der Waals surface area contributed by atoms with E-state index in [1.807, 2.05) is 0 Å². The minimum absolute atomic E-state index is 0.720. The van der Waals surface area contributed by atoms with Gasteiger partial charge in [-0.25, -0.2) is 0 Å². The zero-order valence-electron chi connectivity index (χ0n) is 5.70. The Morgan fingerprint density at radius 3 is 2.00 bits per heavy atom. The highest BCUT2D eigenvalue weighted by molar-refractivity contribution is 14.1. The Kier molecular flexibility index (Phi) is 4.84. The van der Waals surface area contributed by atoms with Crippen LogP contribution < -0.4 is 0 Å². The minimum atomic E-state index is -0.720. The van der Waals surface area contributed by atoms with Crippen molar-refractivity contribution < 1.29 is 0 Å². The van der Waals surface area contributed by atoms with Crippen LogP contribution in [0.15, 0.2) is 0 Å². The molecule has 0 nitrogen and oxygen atoms in total. The van der Waals surface area contributed by atoms with Gasteiger partial charge in [-0.3, -0.25) is 0 Å². The molecule has 0 aliphatic rings. The Morgan fingerprint density at radius 1 is 1.38 bits per heavy atom. The van der Waals surface area contributed by atoms with Gasteiger partial charge in [0, 0.05) is 3.76 Å². The molecule has 0 fully saturated rings. The number of rotatable bonds is 3. The fourth-order valence-corrected chi connectivity index (χ4v) is 5.08. The fraction of sp³-hybridized carbons (Fsp3) is 1.00. The van der Waals surface area contributed by atoms with Crippen molar-refractivity contribution in [1.29, 1.82) is 0 Å². The topological polar surface area (TPSA) is 0 Å². The second-order valence-electron chi connectivity index (χ2n) is 3.02. The SMILES string of the molecule is C[Si](C)(C)CSCI. The summed E-state index contributed by atoms with van der Waals surface area (Å²) >= 11 is 4.48. The maximum atomic E-state index is 2.41. The molecule has 0 unspecified atom stereocenters. The molecule has 0 aromatic carbocycles. The van der Waals surface area contributed by atoms with Crippen LogP contribution in [0.1, 0.15) is 0 Å². The molecule has 0 bridgehead atoms. The van der Waals surface area contributed by atoms with E-state index in [-0.39, 0.29) is 0 Å². The first-order valence-electron chi connectivity index (χ1n) is 2.70. The smallest absolute Gasteiger partial charge is 0.0548 e. The molecule has 0 saturated heterocycles. The van der Waals surface area contributed by atoms with Crippen molar-refractivity contribution in [3.05, 3.63) is 0 Å². The van der Waals surface area contributed by atoms with E-state index < -0.39 is 8.07 Å². The van der Waals surface area contributed by atoms with Crippen molar-refractivity contribution in [3.8, 4) is 0 Å². The Balaban J connectivity index is 3.11. The van der Waals surface area contributed by atoms with Gasteiger partial charge in [-0.1, -0.05) is 42.2 Å². The number of hydrogen-bond donors (Lipinski definition) is 0. The van der Waals surface area contributed by atoms with Crippen LogP contribution in [0, 0.1) is 0 Å². The highest BCUT2D eigenvalue weighted by Gasteiger charge is 2.11. The molecule has 0 heterocycles. The van der Waals surface area contributed by atoms with Crippen LogP contribution in [-0.4, -0.2) is 17.2 Å². The quantitative estimate of drug-likeness (QED) is 0.427. The van der Waals surface area contributed by atoms with Crippen molar-refractivity contribution in [1.82, 2.24) is 0 Å². The van der Waals surface area contributed by atoms with Gasteiger partial charge in [0.1, 0.15) is 0 Å². The molecule has 0 aromatic heterocycles. The van der Waals surface area contributed by atoms with Crippen LogP contribution in [0.25, 0.3) is 0 Å². The molecule has 50 valence electrons. The van der Waals surface area contributed by atoms with E-state index in [9.17, 15) is 0 Å². The van der Waals surface area contributed by atoms with Gasteiger partial charge in [0.05, 0.1) is 8.07 Å². The molecule has 0 atom stereocenters. The van der Waals surface area contributed by atoms with Gasteiger partial charge in [-0.05, 0) is 5.38 Å². The molecule has 0 N–H and O–H groups in total. The van der Waals surface area contributed by atoms with Crippen molar-refractivity contribution in [2.24, 2.45) is 0 Å². The van der Waals surface area contributed by atoms with Crippen molar-refractivity contribution >= 4 is 42.4 Å². The monoisotopic (exact) mass is 260 g/mol. The summed E-state index contributed by atoms with van der Waals surface area (Å²) in [5, 5.41) is 1.41. The molecule has 0 aliphatic carbocycles. The predicted octanol–water partition coefficient (Wildman–Crippen LogP) is 2.99. The van der Waals surface area contributed by atoms with Crippen LogP contribution in [-0.2, 0) is 0 Å². The summed E-state index contributed by atoms with van der Waals surface area (Å²) in [6.45, 7) is 7.23. The lowest BCUT2D eigenvalue weighted by Crippen LogP contribution is -2.23. The first kappa shape index (κ1) is 9.30. The maximum absolute atomic E-state index is 2.41. The molecule has 0 spiro atoms. The zero-order chi connectivity index (χ0) is 6.62. The standard InChI is InChI=1S/C5H13ISSi/c1-8(2,3)5-7-4-6/h4-5H2,1-3H3. The Hall–Kier alpha value is 1.30. The molecule has 0 amide bonds. The summed E-state index contributed by atoms with van der Waals surface area (Å²) < 4.78 is 1.25. The van der Waals surface area contributed by atoms with Gasteiger partial charge in [0.2, 0.25) is 0 Å². The van der Waals surface area contributed by atoms with E-state index in [0.29, 0.717) is 0 Å². The average Bonchev–Trinajstić information content (AvgIpc) is 1.59. The van der Waals surface area contributed by atoms with Crippen molar-refractivity contribution in [2.45, 2.75) is 19.6 Å². The lowest BCUT2D eigenvalue weighted by Gasteiger charge is -2.12. The van der Waals surface area contributed by atoms with Crippen LogP contribution in [0.2, 0.25) is 19.6 Å². The molecule has 0 aromatic rings. The molecule has 0 radical (unpaired) electrons. The first-order valence-corrected chi connectivity index (χ1v) is 9.09. The molecular weight excluding hydrogens is 247 g/mol. The van der Waals surface area contributed by atoms with Gasteiger partial charge < -0.3 is 0 Å². The molecule has 0 aliphatic heterocycles. The minimum Gasteiger partial charge on any atom is -0.154 e. The van der Waals surface area contributed by atoms with E-state index in [1.54, 1.807) is 0 Å². The lowest BCUT2D eigenvalue weighted by molar-refractivity contribution is 1.68. The van der Waals surface area contributed by atoms with Gasteiger partial charge in [-0.2, -0.15) is 11.8 Å². The summed E-state index contributed by atoms with van der Waals surface area (Å²) in [6.07, 6.45) is 0. The van der Waals surface area contributed by atoms with E-state index in [1.165, 1.54) is 9.14 Å². The highest BCUT2D eigenvalue weighted by atomic mass is 127. The second-order valence-corrected chi connectivity index (χ2v) is 11.8. The molecule has 0 rings (SSSR count). The number of halogens is 1. The van der Waals surface area contributed by atoms with E-state index in [2.05, 4.69) is 54.0 Å². The van der Waals surface area contributed by atoms with Crippen molar-refractivity contribution in [3.63, 3.8) is 0 Å². The summed E-state index contributed by atoms with van der Waals surface area (Å²) in [5.41, 5.74) is 0. The van der Waals surface area contributed by atoms with Crippen LogP contribution >= 0.6 is 34.4 Å². The largest absolute Gasteiger partial charge is 0.154 e. The maximum Gasteiger partial charge on any atom is 0.0548 e. The lowest BCUT2D eigenvalue weighted by atomic mass is 11.8. The summed E-state index contributed by atoms with van der Waals surface area (Å²) in [7, 11) is -0.720. The van der Waals surface area contributed by atoms with Gasteiger partial charge >= 0.3 is 0 Å². The predicted molar refractivity (Wildman–Crippen MR) is 54.7 cm³/mol. The van der Waals surface area contributed by atoms with Gasteiger partial charge in [0.15, 0.2) is 0 Å². The van der Waals surface area contributed by atoms with E-state index >= 15 is 0 Å². The second kappa shape index (κ2) is 4.17.